The largest absolute Gasteiger partial charge is 0.493 e. The van der Waals surface area contributed by atoms with Crippen molar-refractivity contribution >= 4 is 5.91 Å². The van der Waals surface area contributed by atoms with Crippen LogP contribution in [-0.2, 0) is 11.3 Å². The number of benzene rings is 1. The maximum atomic E-state index is 12.4. The molecule has 0 aliphatic heterocycles. The lowest BCUT2D eigenvalue weighted by Crippen LogP contribution is -2.45. The van der Waals surface area contributed by atoms with E-state index in [9.17, 15) is 13.6 Å². The molecule has 23 heavy (non-hydrogen) atoms. The van der Waals surface area contributed by atoms with Gasteiger partial charge in [-0.1, -0.05) is 26.3 Å². The SMILES string of the molecule is CCC(C)C(N)C(=O)N(C)Cc1ccc(OC)c(OC(F)F)c1. The lowest BCUT2D eigenvalue weighted by Gasteiger charge is -2.25. The number of nitrogens with zero attached hydrogens (tertiary/aromatic N) is 1. The molecule has 2 atom stereocenters. The van der Waals surface area contributed by atoms with E-state index in [2.05, 4.69) is 4.74 Å². The quantitative estimate of drug-likeness (QED) is 0.796. The number of amides is 1. The minimum atomic E-state index is -2.95. The molecule has 0 radical (unpaired) electrons. The molecular weight excluding hydrogens is 306 g/mol. The molecule has 5 nitrogen and oxygen atoms in total. The molecule has 0 aliphatic carbocycles. The van der Waals surface area contributed by atoms with Gasteiger partial charge in [0.1, 0.15) is 0 Å². The van der Waals surface area contributed by atoms with Gasteiger partial charge in [-0.25, -0.2) is 0 Å². The zero-order valence-corrected chi connectivity index (χ0v) is 13.9. The van der Waals surface area contributed by atoms with E-state index in [4.69, 9.17) is 10.5 Å². The second-order valence-corrected chi connectivity index (χ2v) is 5.47. The van der Waals surface area contributed by atoms with Gasteiger partial charge < -0.3 is 20.1 Å². The lowest BCUT2D eigenvalue weighted by atomic mass is 9.99. The van der Waals surface area contributed by atoms with Crippen molar-refractivity contribution in [3.63, 3.8) is 0 Å². The van der Waals surface area contributed by atoms with Crippen molar-refractivity contribution in [2.24, 2.45) is 11.7 Å². The van der Waals surface area contributed by atoms with Gasteiger partial charge in [0.2, 0.25) is 5.91 Å². The third kappa shape index (κ3) is 5.35. The number of rotatable bonds is 8. The summed E-state index contributed by atoms with van der Waals surface area (Å²) in [6.45, 7) is 1.18. The molecule has 2 unspecified atom stereocenters. The van der Waals surface area contributed by atoms with Gasteiger partial charge in [-0.15, -0.1) is 0 Å². The molecule has 0 spiro atoms. The Labute approximate surface area is 135 Å². The molecule has 1 amide bonds. The molecule has 7 heteroatoms. The van der Waals surface area contributed by atoms with E-state index < -0.39 is 12.7 Å². The first-order valence-electron chi connectivity index (χ1n) is 7.42. The Hall–Kier alpha value is -1.89. The Bertz CT molecular complexity index is 526. The molecular formula is C16H24F2N2O3. The van der Waals surface area contributed by atoms with Crippen LogP contribution in [0.2, 0.25) is 0 Å². The van der Waals surface area contributed by atoms with Gasteiger partial charge in [-0.3, -0.25) is 4.79 Å². The Morgan fingerprint density at radius 3 is 2.52 bits per heavy atom. The van der Waals surface area contributed by atoms with Gasteiger partial charge in [-0.2, -0.15) is 8.78 Å². The minimum absolute atomic E-state index is 0.0629. The van der Waals surface area contributed by atoms with E-state index in [1.165, 1.54) is 24.1 Å². The van der Waals surface area contributed by atoms with Crippen LogP contribution >= 0.6 is 0 Å². The summed E-state index contributed by atoms with van der Waals surface area (Å²) in [5.41, 5.74) is 6.58. The van der Waals surface area contributed by atoms with Crippen LogP contribution in [0.25, 0.3) is 0 Å². The number of ether oxygens (including phenoxy) is 2. The van der Waals surface area contributed by atoms with Gasteiger partial charge >= 0.3 is 6.61 Å². The summed E-state index contributed by atoms with van der Waals surface area (Å²) in [4.78, 5) is 13.7. The van der Waals surface area contributed by atoms with Crippen LogP contribution in [0.15, 0.2) is 18.2 Å². The fourth-order valence-corrected chi connectivity index (χ4v) is 2.11. The zero-order chi connectivity index (χ0) is 17.6. The van der Waals surface area contributed by atoms with Crippen molar-refractivity contribution in [1.82, 2.24) is 4.90 Å². The fraction of sp³-hybridized carbons (Fsp3) is 0.562. The van der Waals surface area contributed by atoms with Crippen molar-refractivity contribution in [2.45, 2.75) is 39.5 Å². The van der Waals surface area contributed by atoms with E-state index in [1.54, 1.807) is 13.1 Å². The Balaban J connectivity index is 2.85. The van der Waals surface area contributed by atoms with Crippen molar-refractivity contribution in [3.8, 4) is 11.5 Å². The monoisotopic (exact) mass is 330 g/mol. The Morgan fingerprint density at radius 1 is 1.35 bits per heavy atom. The van der Waals surface area contributed by atoms with E-state index in [0.29, 0.717) is 5.56 Å². The van der Waals surface area contributed by atoms with Crippen LogP contribution in [0.3, 0.4) is 0 Å². The van der Waals surface area contributed by atoms with Crippen molar-refractivity contribution < 1.29 is 23.0 Å². The summed E-state index contributed by atoms with van der Waals surface area (Å²) in [5.74, 6) is 0.0245. The summed E-state index contributed by atoms with van der Waals surface area (Å²) >= 11 is 0. The average molecular weight is 330 g/mol. The fourth-order valence-electron chi connectivity index (χ4n) is 2.11. The number of likely N-dealkylation sites (N-methyl/N-ethyl adjacent to an activating group) is 1. The molecule has 0 saturated carbocycles. The molecule has 0 aliphatic rings. The lowest BCUT2D eigenvalue weighted by molar-refractivity contribution is -0.133. The molecule has 0 aromatic heterocycles. The van der Waals surface area contributed by atoms with E-state index >= 15 is 0 Å². The van der Waals surface area contributed by atoms with Gasteiger partial charge in [0.15, 0.2) is 11.5 Å². The minimum Gasteiger partial charge on any atom is -0.493 e. The number of halogens is 2. The Kier molecular flexibility index (Phi) is 7.22. The van der Waals surface area contributed by atoms with Crippen molar-refractivity contribution in [3.05, 3.63) is 23.8 Å². The van der Waals surface area contributed by atoms with Crippen LogP contribution < -0.4 is 15.2 Å². The molecule has 1 rings (SSSR count). The molecule has 130 valence electrons. The molecule has 0 saturated heterocycles. The summed E-state index contributed by atoms with van der Waals surface area (Å²) in [6, 6.07) is 4.07. The first kappa shape index (κ1) is 19.2. The molecule has 1 aromatic carbocycles. The number of hydrogen-bond acceptors (Lipinski definition) is 4. The third-order valence-corrected chi connectivity index (χ3v) is 3.78. The highest BCUT2D eigenvalue weighted by Gasteiger charge is 2.23. The number of alkyl halides is 2. The molecule has 0 bridgehead atoms. The van der Waals surface area contributed by atoms with Gasteiger partial charge in [0.05, 0.1) is 13.2 Å². The van der Waals surface area contributed by atoms with E-state index in [0.717, 1.165) is 6.42 Å². The first-order valence-corrected chi connectivity index (χ1v) is 7.42. The predicted molar refractivity (Wildman–Crippen MR) is 83.5 cm³/mol. The highest BCUT2D eigenvalue weighted by atomic mass is 19.3. The van der Waals surface area contributed by atoms with Crippen LogP contribution in [0.5, 0.6) is 11.5 Å². The van der Waals surface area contributed by atoms with Crippen molar-refractivity contribution in [1.29, 1.82) is 0 Å². The molecule has 2 N–H and O–H groups in total. The van der Waals surface area contributed by atoms with Gasteiger partial charge in [0.25, 0.3) is 0 Å². The number of carbonyl (C=O) groups excluding carboxylic acids is 1. The second kappa shape index (κ2) is 8.67. The van der Waals surface area contributed by atoms with Gasteiger partial charge in [0, 0.05) is 13.6 Å². The summed E-state index contributed by atoms with van der Waals surface area (Å²) in [6.07, 6.45) is 0.801. The number of carbonyl (C=O) groups is 1. The van der Waals surface area contributed by atoms with Crippen LogP contribution in [-0.4, -0.2) is 37.6 Å². The zero-order valence-electron chi connectivity index (χ0n) is 13.9. The number of hydrogen-bond donors (Lipinski definition) is 1. The number of methoxy groups -OCH3 is 1. The maximum absolute atomic E-state index is 12.4. The summed E-state index contributed by atoms with van der Waals surface area (Å²) < 4.78 is 34.3. The third-order valence-electron chi connectivity index (χ3n) is 3.78. The smallest absolute Gasteiger partial charge is 0.387 e. The number of nitrogens with two attached hydrogens (primary N) is 1. The predicted octanol–water partition coefficient (Wildman–Crippen LogP) is 2.63. The summed E-state index contributed by atoms with van der Waals surface area (Å²) in [5, 5.41) is 0. The standard InChI is InChI=1S/C16H24F2N2O3/c1-5-10(2)14(19)15(21)20(3)9-11-6-7-12(22-4)13(8-11)23-16(17)18/h6-8,10,14,16H,5,9,19H2,1-4H3. The van der Waals surface area contributed by atoms with Crippen LogP contribution in [0, 0.1) is 5.92 Å². The normalized spacial score (nSPS) is 13.6. The van der Waals surface area contributed by atoms with E-state index in [1.807, 2.05) is 13.8 Å². The van der Waals surface area contributed by atoms with Gasteiger partial charge in [-0.05, 0) is 23.6 Å². The molecule has 1 aromatic rings. The maximum Gasteiger partial charge on any atom is 0.387 e. The Morgan fingerprint density at radius 2 is 2.00 bits per heavy atom. The van der Waals surface area contributed by atoms with Crippen molar-refractivity contribution in [2.75, 3.05) is 14.2 Å². The molecule has 0 heterocycles. The highest BCUT2D eigenvalue weighted by molar-refractivity contribution is 5.81. The molecule has 0 fully saturated rings. The van der Waals surface area contributed by atoms with Crippen LogP contribution in [0.1, 0.15) is 25.8 Å². The summed E-state index contributed by atoms with van der Waals surface area (Å²) in [7, 11) is 3.00. The average Bonchev–Trinajstić information content (AvgIpc) is 2.52. The first-order chi connectivity index (χ1) is 10.8. The second-order valence-electron chi connectivity index (χ2n) is 5.47. The highest BCUT2D eigenvalue weighted by Crippen LogP contribution is 2.30. The topological polar surface area (TPSA) is 64.8 Å². The van der Waals surface area contributed by atoms with Crippen LogP contribution in [0.4, 0.5) is 8.78 Å². The van der Waals surface area contributed by atoms with E-state index in [-0.39, 0.29) is 29.9 Å².